The van der Waals surface area contributed by atoms with Crippen LogP contribution in [0.25, 0.3) is 0 Å². The summed E-state index contributed by atoms with van der Waals surface area (Å²) in [6.07, 6.45) is 3.61. The normalized spacial score (nSPS) is 21.8. The van der Waals surface area contributed by atoms with Gasteiger partial charge in [0.2, 0.25) is 5.91 Å². The first-order valence-corrected chi connectivity index (χ1v) is 10.2. The van der Waals surface area contributed by atoms with Crippen molar-refractivity contribution in [1.82, 2.24) is 14.9 Å². The van der Waals surface area contributed by atoms with Gasteiger partial charge in [0, 0.05) is 24.6 Å². The molecule has 2 atom stereocenters. The van der Waals surface area contributed by atoms with Gasteiger partial charge in [-0.15, -0.1) is 0 Å². The molecular weight excluding hydrogens is 392 g/mol. The van der Waals surface area contributed by atoms with E-state index < -0.39 is 11.5 Å². The maximum absolute atomic E-state index is 13.5. The molecule has 156 valence electrons. The zero-order valence-corrected chi connectivity index (χ0v) is 17.3. The van der Waals surface area contributed by atoms with Crippen molar-refractivity contribution in [2.24, 2.45) is 0 Å². The third-order valence-corrected chi connectivity index (χ3v) is 6.28. The van der Waals surface area contributed by atoms with E-state index in [9.17, 15) is 9.59 Å². The molecule has 2 aliphatic heterocycles. The summed E-state index contributed by atoms with van der Waals surface area (Å²) < 4.78 is 5.43. The van der Waals surface area contributed by atoms with Crippen molar-refractivity contribution >= 4 is 17.5 Å². The van der Waals surface area contributed by atoms with Crippen molar-refractivity contribution < 1.29 is 14.3 Å². The van der Waals surface area contributed by atoms with E-state index in [1.807, 2.05) is 48.5 Å². The highest BCUT2D eigenvalue weighted by atomic mass is 16.5. The van der Waals surface area contributed by atoms with Crippen molar-refractivity contribution in [1.29, 1.82) is 0 Å². The van der Waals surface area contributed by atoms with E-state index in [0.29, 0.717) is 30.1 Å². The second kappa shape index (κ2) is 7.19. The summed E-state index contributed by atoms with van der Waals surface area (Å²) in [6, 6.07) is 14.8. The molecule has 7 heteroatoms. The largest absolute Gasteiger partial charge is 0.497 e. The van der Waals surface area contributed by atoms with Crippen LogP contribution >= 0.6 is 0 Å². The van der Waals surface area contributed by atoms with Gasteiger partial charge < -0.3 is 15.0 Å². The molecule has 0 bridgehead atoms. The molecule has 31 heavy (non-hydrogen) atoms. The first-order valence-electron chi connectivity index (χ1n) is 10.2. The molecule has 0 unspecified atom stereocenters. The molecule has 1 N–H and O–H groups in total. The lowest BCUT2D eigenvalue weighted by molar-refractivity contribution is -0.121. The maximum atomic E-state index is 13.5. The minimum Gasteiger partial charge on any atom is -0.497 e. The fourth-order valence-corrected chi connectivity index (χ4v) is 4.85. The van der Waals surface area contributed by atoms with Gasteiger partial charge in [0.25, 0.3) is 5.91 Å². The lowest BCUT2D eigenvalue weighted by Crippen LogP contribution is -2.42. The summed E-state index contributed by atoms with van der Waals surface area (Å²) in [5.41, 5.74) is 2.11. The number of likely N-dealkylation sites (tertiary alicyclic amines) is 1. The predicted octanol–water partition coefficient (Wildman–Crippen LogP) is 3.27. The summed E-state index contributed by atoms with van der Waals surface area (Å²) in [7, 11) is 1.60. The van der Waals surface area contributed by atoms with Crippen molar-refractivity contribution in [3.05, 3.63) is 83.4 Å². The third-order valence-electron chi connectivity index (χ3n) is 6.28. The van der Waals surface area contributed by atoms with Crippen molar-refractivity contribution in [2.75, 3.05) is 19.0 Å². The average Bonchev–Trinajstić information content (AvgIpc) is 3.33. The molecule has 1 spiro atoms. The molecule has 0 aliphatic carbocycles. The topological polar surface area (TPSA) is 84.4 Å². The number of amides is 2. The van der Waals surface area contributed by atoms with Crippen molar-refractivity contribution in [3.8, 4) is 5.75 Å². The SMILES string of the molecule is COc1cccc([C@@H]2N(C(=O)c3cnc(C)nc3)CC[C@]23C(=O)Nc2ccccc23)c1. The number of nitrogens with one attached hydrogen (secondary N) is 1. The molecule has 5 rings (SSSR count). The maximum Gasteiger partial charge on any atom is 0.257 e. The zero-order chi connectivity index (χ0) is 21.6. The highest BCUT2D eigenvalue weighted by Gasteiger charge is 2.59. The second-order valence-corrected chi connectivity index (χ2v) is 7.92. The first-order chi connectivity index (χ1) is 15.0. The number of methoxy groups -OCH3 is 1. The number of aromatic nitrogens is 2. The third kappa shape index (κ3) is 2.88. The Labute approximate surface area is 180 Å². The van der Waals surface area contributed by atoms with Crippen LogP contribution in [-0.2, 0) is 10.2 Å². The van der Waals surface area contributed by atoms with Gasteiger partial charge >= 0.3 is 0 Å². The highest BCUT2D eigenvalue weighted by molar-refractivity contribution is 6.08. The van der Waals surface area contributed by atoms with Crippen LogP contribution in [0.2, 0.25) is 0 Å². The van der Waals surface area contributed by atoms with E-state index in [1.165, 1.54) is 0 Å². The standard InChI is InChI=1S/C24H22N4O3/c1-15-25-13-17(14-26-15)22(29)28-11-10-24(19-8-3-4-9-20(19)27-23(24)30)21(28)16-6-5-7-18(12-16)31-2/h3-9,12-14,21H,10-11H2,1-2H3,(H,27,30)/t21-,24+/m0/s1. The molecule has 3 aromatic rings. The smallest absolute Gasteiger partial charge is 0.257 e. The number of benzene rings is 2. The van der Waals surface area contributed by atoms with E-state index in [4.69, 9.17) is 4.74 Å². The fraction of sp³-hybridized carbons (Fsp3) is 0.250. The number of anilines is 1. The van der Waals surface area contributed by atoms with Crippen molar-refractivity contribution in [2.45, 2.75) is 24.8 Å². The molecule has 2 aromatic carbocycles. The van der Waals surface area contributed by atoms with Crippen LogP contribution in [0.1, 0.15) is 39.8 Å². The lowest BCUT2D eigenvalue weighted by atomic mass is 9.72. The number of rotatable bonds is 3. The van der Waals surface area contributed by atoms with Crippen LogP contribution in [0.5, 0.6) is 5.75 Å². The van der Waals surface area contributed by atoms with Gasteiger partial charge in [-0.1, -0.05) is 30.3 Å². The minimum absolute atomic E-state index is 0.0861. The Morgan fingerprint density at radius 1 is 1.16 bits per heavy atom. The van der Waals surface area contributed by atoms with Crippen LogP contribution in [0.4, 0.5) is 5.69 Å². The molecule has 2 amide bonds. The number of nitrogens with zero attached hydrogens (tertiary/aromatic N) is 3. The fourth-order valence-electron chi connectivity index (χ4n) is 4.85. The molecule has 1 aromatic heterocycles. The Kier molecular flexibility index (Phi) is 4.46. The molecule has 3 heterocycles. The van der Waals surface area contributed by atoms with Gasteiger partial charge in [-0.25, -0.2) is 9.97 Å². The monoisotopic (exact) mass is 414 g/mol. The van der Waals surface area contributed by atoms with E-state index in [0.717, 1.165) is 16.8 Å². The molecule has 0 radical (unpaired) electrons. The summed E-state index contributed by atoms with van der Waals surface area (Å²) in [4.78, 5) is 37.1. The van der Waals surface area contributed by atoms with Crippen LogP contribution in [-0.4, -0.2) is 40.3 Å². The Balaban J connectivity index is 1.67. The molecule has 1 fully saturated rings. The Morgan fingerprint density at radius 3 is 2.71 bits per heavy atom. The van der Waals surface area contributed by atoms with Gasteiger partial charge in [0.05, 0.1) is 18.7 Å². The first kappa shape index (κ1) is 19.2. The van der Waals surface area contributed by atoms with Crippen molar-refractivity contribution in [3.63, 3.8) is 0 Å². The van der Waals surface area contributed by atoms with Crippen LogP contribution < -0.4 is 10.1 Å². The summed E-state index contributed by atoms with van der Waals surface area (Å²) >= 11 is 0. The van der Waals surface area contributed by atoms with E-state index >= 15 is 0 Å². The van der Waals surface area contributed by atoms with Crippen LogP contribution in [0.3, 0.4) is 0 Å². The number of hydrogen-bond acceptors (Lipinski definition) is 5. The van der Waals surface area contributed by atoms with Crippen LogP contribution in [0, 0.1) is 6.92 Å². The Bertz CT molecular complexity index is 1180. The minimum atomic E-state index is -0.871. The molecular formula is C24H22N4O3. The summed E-state index contributed by atoms with van der Waals surface area (Å²) in [5.74, 6) is 0.999. The van der Waals surface area contributed by atoms with E-state index in [1.54, 1.807) is 31.3 Å². The number of para-hydroxylation sites is 1. The Morgan fingerprint density at radius 2 is 1.94 bits per heavy atom. The van der Waals surface area contributed by atoms with Crippen LogP contribution in [0.15, 0.2) is 60.9 Å². The van der Waals surface area contributed by atoms with Gasteiger partial charge in [-0.05, 0) is 42.7 Å². The molecule has 1 saturated heterocycles. The van der Waals surface area contributed by atoms with Gasteiger partial charge in [0.1, 0.15) is 17.0 Å². The van der Waals surface area contributed by atoms with Gasteiger partial charge in [-0.3, -0.25) is 9.59 Å². The molecule has 7 nitrogen and oxygen atoms in total. The predicted molar refractivity (Wildman–Crippen MR) is 115 cm³/mol. The second-order valence-electron chi connectivity index (χ2n) is 7.92. The van der Waals surface area contributed by atoms with E-state index in [-0.39, 0.29) is 11.8 Å². The average molecular weight is 414 g/mol. The lowest BCUT2D eigenvalue weighted by Gasteiger charge is -2.34. The summed E-state index contributed by atoms with van der Waals surface area (Å²) in [6.45, 7) is 2.22. The zero-order valence-electron chi connectivity index (χ0n) is 17.3. The highest BCUT2D eigenvalue weighted by Crippen LogP contribution is 2.55. The molecule has 0 saturated carbocycles. The Hall–Kier alpha value is -3.74. The summed E-state index contributed by atoms with van der Waals surface area (Å²) in [5, 5.41) is 3.03. The van der Waals surface area contributed by atoms with Gasteiger partial charge in [0.15, 0.2) is 0 Å². The molecule has 2 aliphatic rings. The van der Waals surface area contributed by atoms with Gasteiger partial charge in [-0.2, -0.15) is 0 Å². The quantitative estimate of drug-likeness (QED) is 0.711. The number of fused-ring (bicyclic) bond motifs is 2. The van der Waals surface area contributed by atoms with E-state index in [2.05, 4.69) is 15.3 Å². The number of carbonyl (C=O) groups is 2. The number of hydrogen-bond donors (Lipinski definition) is 1. The number of carbonyl (C=O) groups excluding carboxylic acids is 2. The number of aryl methyl sites for hydroxylation is 1. The number of ether oxygens (including phenoxy) is 1.